The number of amides is 1. The maximum absolute atomic E-state index is 11.9. The normalized spacial score (nSPS) is 11.3. The monoisotopic (exact) mass is 313 g/mol. The molecule has 5 nitrogen and oxygen atoms in total. The lowest BCUT2D eigenvalue weighted by Gasteiger charge is -2.11. The highest BCUT2D eigenvalue weighted by Gasteiger charge is 2.29. The van der Waals surface area contributed by atoms with Crippen molar-refractivity contribution in [1.29, 1.82) is 0 Å². The molecule has 0 aliphatic heterocycles. The van der Waals surface area contributed by atoms with Gasteiger partial charge in [0.25, 0.3) is 0 Å². The van der Waals surface area contributed by atoms with Gasteiger partial charge >= 0.3 is 12.3 Å². The predicted octanol–water partition coefficient (Wildman–Crippen LogP) is 2.97. The Labute approximate surface area is 124 Å². The summed E-state index contributed by atoms with van der Waals surface area (Å²) in [7, 11) is 0. The molecule has 8 heteroatoms. The van der Waals surface area contributed by atoms with Crippen LogP contribution in [0.5, 0.6) is 0 Å². The smallest absolute Gasteiger partial charge is 0.422 e. The highest BCUT2D eigenvalue weighted by atomic mass is 19.4. The highest BCUT2D eigenvalue weighted by molar-refractivity contribution is 5.67. The Morgan fingerprint density at radius 2 is 2.18 bits per heavy atom. The average Bonchev–Trinajstić information content (AvgIpc) is 2.97. The Balaban J connectivity index is 1.92. The molecular formula is C14H14F3N3O2. The molecule has 1 heterocycles. The molecule has 2 rings (SSSR count). The molecule has 0 unspecified atom stereocenters. The standard InChI is InChI=1S/C14H14F3N3O2/c1-10-7-12(20-6-2-5-19-20)4-3-11(10)8-18-13(21)22-9-14(15,16)17/h2-7H,8-9H2,1H3,(H,18,21). The van der Waals surface area contributed by atoms with E-state index >= 15 is 0 Å². The maximum Gasteiger partial charge on any atom is 0.422 e. The summed E-state index contributed by atoms with van der Waals surface area (Å²) in [5, 5.41) is 6.38. The SMILES string of the molecule is Cc1cc(-n2cccn2)ccc1CNC(=O)OCC(F)(F)F. The zero-order valence-corrected chi connectivity index (χ0v) is 11.7. The van der Waals surface area contributed by atoms with Crippen LogP contribution in [0.2, 0.25) is 0 Å². The highest BCUT2D eigenvalue weighted by Crippen LogP contribution is 2.15. The number of ether oxygens (including phenoxy) is 1. The Kier molecular flexibility index (Phi) is 4.69. The first kappa shape index (κ1) is 15.9. The third-order valence-electron chi connectivity index (χ3n) is 2.89. The first-order valence-electron chi connectivity index (χ1n) is 6.42. The third-order valence-corrected chi connectivity index (χ3v) is 2.89. The minimum atomic E-state index is -4.53. The van der Waals surface area contributed by atoms with Crippen molar-refractivity contribution in [1.82, 2.24) is 15.1 Å². The van der Waals surface area contributed by atoms with E-state index in [0.29, 0.717) is 0 Å². The number of rotatable bonds is 4. The van der Waals surface area contributed by atoms with Crippen LogP contribution in [0.1, 0.15) is 11.1 Å². The molecule has 2 aromatic rings. The number of halogens is 3. The van der Waals surface area contributed by atoms with E-state index in [2.05, 4.69) is 15.2 Å². The summed E-state index contributed by atoms with van der Waals surface area (Å²) in [6, 6.07) is 7.24. The van der Waals surface area contributed by atoms with E-state index in [9.17, 15) is 18.0 Å². The van der Waals surface area contributed by atoms with Gasteiger partial charge in [-0.15, -0.1) is 0 Å². The van der Waals surface area contributed by atoms with Gasteiger partial charge in [0.1, 0.15) is 0 Å². The van der Waals surface area contributed by atoms with Gasteiger partial charge in [0.15, 0.2) is 6.61 Å². The molecule has 1 aromatic heterocycles. The molecule has 118 valence electrons. The van der Waals surface area contributed by atoms with Crippen LogP contribution in [0.4, 0.5) is 18.0 Å². The van der Waals surface area contributed by atoms with E-state index in [1.54, 1.807) is 35.3 Å². The van der Waals surface area contributed by atoms with Crippen molar-refractivity contribution in [2.45, 2.75) is 19.6 Å². The number of alkyl carbamates (subject to hydrolysis) is 1. The molecule has 22 heavy (non-hydrogen) atoms. The van der Waals surface area contributed by atoms with Crippen LogP contribution in [-0.2, 0) is 11.3 Å². The van der Waals surface area contributed by atoms with E-state index in [4.69, 9.17) is 0 Å². The van der Waals surface area contributed by atoms with Gasteiger partial charge in [-0.25, -0.2) is 9.48 Å². The van der Waals surface area contributed by atoms with E-state index in [1.807, 2.05) is 13.0 Å². The molecule has 0 aliphatic rings. The van der Waals surface area contributed by atoms with Gasteiger partial charge in [0, 0.05) is 18.9 Å². The van der Waals surface area contributed by atoms with Crippen LogP contribution in [0.25, 0.3) is 5.69 Å². The predicted molar refractivity (Wildman–Crippen MR) is 72.5 cm³/mol. The first-order chi connectivity index (χ1) is 10.3. The number of nitrogens with one attached hydrogen (secondary N) is 1. The van der Waals surface area contributed by atoms with Crippen molar-refractivity contribution in [3.8, 4) is 5.69 Å². The van der Waals surface area contributed by atoms with E-state index in [1.165, 1.54) is 0 Å². The number of aryl methyl sites for hydroxylation is 1. The maximum atomic E-state index is 11.9. The van der Waals surface area contributed by atoms with Crippen molar-refractivity contribution in [3.63, 3.8) is 0 Å². The summed E-state index contributed by atoms with van der Waals surface area (Å²) >= 11 is 0. The summed E-state index contributed by atoms with van der Waals surface area (Å²) in [5.74, 6) is 0. The fourth-order valence-corrected chi connectivity index (χ4v) is 1.81. The number of carbonyl (C=O) groups excluding carboxylic acids is 1. The number of benzene rings is 1. The number of hydrogen-bond donors (Lipinski definition) is 1. The van der Waals surface area contributed by atoms with Gasteiger partial charge in [-0.2, -0.15) is 18.3 Å². The van der Waals surface area contributed by atoms with Gasteiger partial charge in [0.2, 0.25) is 0 Å². The largest absolute Gasteiger partial charge is 0.440 e. The summed E-state index contributed by atoms with van der Waals surface area (Å²) < 4.78 is 41.5. The van der Waals surface area contributed by atoms with Gasteiger partial charge in [-0.1, -0.05) is 6.07 Å². The number of hydrogen-bond acceptors (Lipinski definition) is 3. The number of aromatic nitrogens is 2. The molecule has 0 saturated carbocycles. The Bertz CT molecular complexity index is 639. The summed E-state index contributed by atoms with van der Waals surface area (Å²) in [4.78, 5) is 11.2. The molecule has 0 atom stereocenters. The molecule has 0 bridgehead atoms. The zero-order valence-electron chi connectivity index (χ0n) is 11.7. The van der Waals surface area contributed by atoms with Crippen LogP contribution < -0.4 is 5.32 Å². The summed E-state index contributed by atoms with van der Waals surface area (Å²) in [5.41, 5.74) is 2.51. The molecule has 0 fully saturated rings. The third kappa shape index (κ3) is 4.51. The molecule has 0 saturated heterocycles. The quantitative estimate of drug-likeness (QED) is 0.944. The molecule has 0 spiro atoms. The van der Waals surface area contributed by atoms with Crippen LogP contribution in [0.3, 0.4) is 0 Å². The number of alkyl halides is 3. The second-order valence-corrected chi connectivity index (χ2v) is 4.61. The lowest BCUT2D eigenvalue weighted by atomic mass is 10.1. The number of carbonyl (C=O) groups is 1. The fraction of sp³-hybridized carbons (Fsp3) is 0.286. The van der Waals surface area contributed by atoms with Crippen molar-refractivity contribution >= 4 is 6.09 Å². The van der Waals surface area contributed by atoms with E-state index in [0.717, 1.165) is 16.8 Å². The second kappa shape index (κ2) is 6.50. The van der Waals surface area contributed by atoms with E-state index in [-0.39, 0.29) is 6.54 Å². The van der Waals surface area contributed by atoms with E-state index < -0.39 is 18.9 Å². The summed E-state index contributed by atoms with van der Waals surface area (Å²) in [6.45, 7) is 0.322. The van der Waals surface area contributed by atoms with Crippen LogP contribution in [0, 0.1) is 6.92 Å². The average molecular weight is 313 g/mol. The topological polar surface area (TPSA) is 56.2 Å². The van der Waals surface area contributed by atoms with Crippen LogP contribution in [0.15, 0.2) is 36.7 Å². The molecule has 1 N–H and O–H groups in total. The molecule has 1 amide bonds. The minimum absolute atomic E-state index is 0.0852. The zero-order chi connectivity index (χ0) is 16.2. The fourth-order valence-electron chi connectivity index (χ4n) is 1.81. The Morgan fingerprint density at radius 1 is 1.41 bits per heavy atom. The van der Waals surface area contributed by atoms with Crippen molar-refractivity contribution < 1.29 is 22.7 Å². The Hall–Kier alpha value is -2.51. The second-order valence-electron chi connectivity index (χ2n) is 4.61. The van der Waals surface area contributed by atoms with Gasteiger partial charge in [-0.05, 0) is 36.2 Å². The van der Waals surface area contributed by atoms with Crippen LogP contribution in [-0.4, -0.2) is 28.7 Å². The molecule has 0 aliphatic carbocycles. The Morgan fingerprint density at radius 3 is 2.77 bits per heavy atom. The number of nitrogens with zero attached hydrogens (tertiary/aromatic N) is 2. The minimum Gasteiger partial charge on any atom is -0.440 e. The van der Waals surface area contributed by atoms with Gasteiger partial charge < -0.3 is 10.1 Å². The lowest BCUT2D eigenvalue weighted by Crippen LogP contribution is -2.28. The first-order valence-corrected chi connectivity index (χ1v) is 6.42. The summed E-state index contributed by atoms with van der Waals surface area (Å²) in [6.07, 6.45) is -2.19. The van der Waals surface area contributed by atoms with Crippen molar-refractivity contribution in [2.75, 3.05) is 6.61 Å². The lowest BCUT2D eigenvalue weighted by molar-refractivity contribution is -0.160. The molecule has 1 aromatic carbocycles. The van der Waals surface area contributed by atoms with Gasteiger partial charge in [-0.3, -0.25) is 0 Å². The van der Waals surface area contributed by atoms with Crippen LogP contribution >= 0.6 is 0 Å². The van der Waals surface area contributed by atoms with Crippen molar-refractivity contribution in [3.05, 3.63) is 47.8 Å². The van der Waals surface area contributed by atoms with Crippen molar-refractivity contribution in [2.24, 2.45) is 0 Å². The molecule has 0 radical (unpaired) electrons. The molecular weight excluding hydrogens is 299 g/mol. The van der Waals surface area contributed by atoms with Gasteiger partial charge in [0.05, 0.1) is 5.69 Å².